The Bertz CT molecular complexity index is 955. The van der Waals surface area contributed by atoms with Crippen LogP contribution in [0.4, 0.5) is 14.5 Å². The lowest BCUT2D eigenvalue weighted by Crippen LogP contribution is -2.13. The number of fused-ring (bicyclic) bond motifs is 1. The highest BCUT2D eigenvalue weighted by molar-refractivity contribution is 7.93. The van der Waals surface area contributed by atoms with Gasteiger partial charge >= 0.3 is 6.61 Å². The van der Waals surface area contributed by atoms with Crippen LogP contribution < -0.4 is 9.46 Å². The van der Waals surface area contributed by atoms with Crippen molar-refractivity contribution in [2.24, 2.45) is 0 Å². The Morgan fingerprint density at radius 3 is 2.42 bits per heavy atom. The van der Waals surface area contributed by atoms with E-state index >= 15 is 0 Å². The molecule has 1 heterocycles. The molecule has 5 nitrogen and oxygen atoms in total. The summed E-state index contributed by atoms with van der Waals surface area (Å²) in [5.74, 6) is -0.0558. The van der Waals surface area contributed by atoms with E-state index < -0.39 is 16.6 Å². The van der Waals surface area contributed by atoms with E-state index in [1.54, 1.807) is 24.3 Å². The highest BCUT2D eigenvalue weighted by Gasteiger charge is 2.18. The molecule has 124 valence electrons. The van der Waals surface area contributed by atoms with Gasteiger partial charge < -0.3 is 4.74 Å². The number of rotatable bonds is 5. The lowest BCUT2D eigenvalue weighted by atomic mass is 10.2. The Hall–Kier alpha value is -2.74. The van der Waals surface area contributed by atoms with Crippen LogP contribution in [0.5, 0.6) is 5.75 Å². The Labute approximate surface area is 137 Å². The van der Waals surface area contributed by atoms with Crippen LogP contribution in [0.25, 0.3) is 10.9 Å². The lowest BCUT2D eigenvalue weighted by Gasteiger charge is -2.11. The van der Waals surface area contributed by atoms with E-state index in [-0.39, 0.29) is 16.3 Å². The summed E-state index contributed by atoms with van der Waals surface area (Å²) in [5.41, 5.74) is 0.578. The van der Waals surface area contributed by atoms with Crippen molar-refractivity contribution < 1.29 is 21.9 Å². The quantitative estimate of drug-likeness (QED) is 0.763. The number of alkyl halides is 2. The van der Waals surface area contributed by atoms with E-state index in [0.29, 0.717) is 10.9 Å². The second kappa shape index (κ2) is 6.40. The third-order valence-electron chi connectivity index (χ3n) is 3.22. The first-order valence-electron chi connectivity index (χ1n) is 6.87. The van der Waals surface area contributed by atoms with Crippen LogP contribution in [-0.2, 0) is 10.0 Å². The van der Waals surface area contributed by atoms with Crippen LogP contribution in [0, 0.1) is 0 Å². The minimum Gasteiger partial charge on any atom is -0.435 e. The van der Waals surface area contributed by atoms with Crippen molar-refractivity contribution in [3.63, 3.8) is 0 Å². The van der Waals surface area contributed by atoms with Gasteiger partial charge in [0.15, 0.2) is 0 Å². The van der Waals surface area contributed by atoms with E-state index in [4.69, 9.17) is 0 Å². The fourth-order valence-corrected chi connectivity index (χ4v) is 3.45. The summed E-state index contributed by atoms with van der Waals surface area (Å²) in [6.45, 7) is -2.94. The molecule has 0 aliphatic carbocycles. The van der Waals surface area contributed by atoms with Crippen LogP contribution in [0.1, 0.15) is 0 Å². The van der Waals surface area contributed by atoms with Gasteiger partial charge in [0.1, 0.15) is 10.6 Å². The minimum absolute atomic E-state index is 0.0357. The molecule has 0 saturated heterocycles. The topological polar surface area (TPSA) is 68.3 Å². The summed E-state index contributed by atoms with van der Waals surface area (Å²) in [7, 11) is -3.88. The zero-order valence-electron chi connectivity index (χ0n) is 12.2. The van der Waals surface area contributed by atoms with Gasteiger partial charge in [-0.15, -0.1) is 0 Å². The summed E-state index contributed by atoms with van der Waals surface area (Å²) in [5, 5.41) is 0.695. The molecule has 3 aromatic rings. The number of anilines is 1. The first kappa shape index (κ1) is 16.1. The number of nitrogens with zero attached hydrogens (tertiary/aromatic N) is 1. The van der Waals surface area contributed by atoms with E-state index in [9.17, 15) is 17.2 Å². The second-order valence-corrected chi connectivity index (χ2v) is 6.49. The standard InChI is InChI=1S/C16H12F2N2O3S/c17-16(18)23-13-8-6-12(7-9-13)20-24(21,22)14-5-1-3-11-4-2-10-19-15(11)14/h1-10,16,20H. The molecule has 0 fully saturated rings. The van der Waals surface area contributed by atoms with Crippen LogP contribution in [0.15, 0.2) is 65.7 Å². The average molecular weight is 350 g/mol. The molecule has 0 atom stereocenters. The van der Waals surface area contributed by atoms with Crippen molar-refractivity contribution in [1.29, 1.82) is 0 Å². The van der Waals surface area contributed by atoms with Gasteiger partial charge in [0.05, 0.1) is 5.52 Å². The van der Waals surface area contributed by atoms with E-state index in [1.807, 2.05) is 0 Å². The number of halogens is 2. The number of nitrogens with one attached hydrogen (secondary N) is 1. The van der Waals surface area contributed by atoms with Gasteiger partial charge in [-0.1, -0.05) is 18.2 Å². The maximum absolute atomic E-state index is 12.6. The first-order valence-corrected chi connectivity index (χ1v) is 8.35. The van der Waals surface area contributed by atoms with Gasteiger partial charge in [0, 0.05) is 17.3 Å². The molecule has 0 bridgehead atoms. The molecule has 0 aliphatic rings. The summed E-state index contributed by atoms with van der Waals surface area (Å²) < 4.78 is 56.0. The number of ether oxygens (including phenoxy) is 1. The average Bonchev–Trinajstić information content (AvgIpc) is 2.55. The van der Waals surface area contributed by atoms with Crippen LogP contribution >= 0.6 is 0 Å². The molecule has 0 saturated carbocycles. The van der Waals surface area contributed by atoms with E-state index in [2.05, 4.69) is 14.4 Å². The molecule has 3 rings (SSSR count). The monoisotopic (exact) mass is 350 g/mol. The number of aromatic nitrogens is 1. The van der Waals surface area contributed by atoms with Crippen molar-refractivity contribution in [3.05, 3.63) is 60.8 Å². The number of hydrogen-bond acceptors (Lipinski definition) is 4. The summed E-state index contributed by atoms with van der Waals surface area (Å²) in [4.78, 5) is 4.15. The summed E-state index contributed by atoms with van der Waals surface area (Å²) in [6.07, 6.45) is 1.51. The molecule has 0 unspecified atom stereocenters. The van der Waals surface area contributed by atoms with E-state index in [1.165, 1.54) is 36.5 Å². The smallest absolute Gasteiger partial charge is 0.387 e. The van der Waals surface area contributed by atoms with Gasteiger partial charge in [-0.25, -0.2) is 8.42 Å². The fraction of sp³-hybridized carbons (Fsp3) is 0.0625. The molecule has 0 amide bonds. The summed E-state index contributed by atoms with van der Waals surface area (Å²) in [6, 6.07) is 13.5. The number of sulfonamides is 1. The van der Waals surface area contributed by atoms with Crippen molar-refractivity contribution >= 4 is 26.6 Å². The van der Waals surface area contributed by atoms with Gasteiger partial charge in [0.2, 0.25) is 0 Å². The molecule has 0 spiro atoms. The molecule has 0 aliphatic heterocycles. The fourth-order valence-electron chi connectivity index (χ4n) is 2.21. The molecule has 2 aromatic carbocycles. The Kier molecular flexibility index (Phi) is 4.30. The number of pyridine rings is 1. The van der Waals surface area contributed by atoms with Crippen LogP contribution in [0.3, 0.4) is 0 Å². The first-order chi connectivity index (χ1) is 11.5. The Morgan fingerprint density at radius 1 is 1.00 bits per heavy atom. The van der Waals surface area contributed by atoms with Crippen molar-refractivity contribution in [2.45, 2.75) is 11.5 Å². The molecule has 8 heteroatoms. The maximum atomic E-state index is 12.6. The Balaban J connectivity index is 1.91. The van der Waals surface area contributed by atoms with Crippen molar-refractivity contribution in [1.82, 2.24) is 4.98 Å². The predicted octanol–water partition coefficient (Wildman–Crippen LogP) is 3.64. The highest BCUT2D eigenvalue weighted by Crippen LogP contribution is 2.24. The molecule has 1 N–H and O–H groups in total. The third-order valence-corrected chi connectivity index (χ3v) is 4.63. The summed E-state index contributed by atoms with van der Waals surface area (Å²) >= 11 is 0. The second-order valence-electron chi connectivity index (χ2n) is 4.84. The van der Waals surface area contributed by atoms with E-state index in [0.717, 1.165) is 0 Å². The van der Waals surface area contributed by atoms with Gasteiger partial charge in [-0.2, -0.15) is 8.78 Å². The molecular weight excluding hydrogens is 338 g/mol. The van der Waals surface area contributed by atoms with Crippen molar-refractivity contribution in [3.8, 4) is 5.75 Å². The minimum atomic E-state index is -3.88. The van der Waals surface area contributed by atoms with Crippen LogP contribution in [-0.4, -0.2) is 20.0 Å². The number of benzene rings is 2. The van der Waals surface area contributed by atoms with Crippen LogP contribution in [0.2, 0.25) is 0 Å². The number of para-hydroxylation sites is 1. The van der Waals surface area contributed by atoms with Gasteiger partial charge in [-0.3, -0.25) is 9.71 Å². The van der Waals surface area contributed by atoms with Gasteiger partial charge in [-0.05, 0) is 36.4 Å². The SMILES string of the molecule is O=S(=O)(Nc1ccc(OC(F)F)cc1)c1cccc2cccnc12. The third kappa shape index (κ3) is 3.43. The van der Waals surface area contributed by atoms with Crippen molar-refractivity contribution in [2.75, 3.05) is 4.72 Å². The highest BCUT2D eigenvalue weighted by atomic mass is 32.2. The zero-order valence-corrected chi connectivity index (χ0v) is 13.0. The molecule has 24 heavy (non-hydrogen) atoms. The maximum Gasteiger partial charge on any atom is 0.387 e. The normalized spacial score (nSPS) is 11.6. The Morgan fingerprint density at radius 2 is 1.71 bits per heavy atom. The molecule has 0 radical (unpaired) electrons. The molecule has 1 aromatic heterocycles. The number of hydrogen-bond donors (Lipinski definition) is 1. The van der Waals surface area contributed by atoms with Gasteiger partial charge in [0.25, 0.3) is 10.0 Å². The lowest BCUT2D eigenvalue weighted by molar-refractivity contribution is -0.0498. The zero-order chi connectivity index (χ0) is 17.2. The molecular formula is C16H12F2N2O3S. The largest absolute Gasteiger partial charge is 0.435 e. The predicted molar refractivity (Wildman–Crippen MR) is 85.6 cm³/mol.